The van der Waals surface area contributed by atoms with E-state index in [1.165, 1.54) is 35.7 Å². The normalized spacial score (nSPS) is 21.1. The molecule has 0 aromatic heterocycles. The molecule has 0 saturated heterocycles. The van der Waals surface area contributed by atoms with E-state index in [0.29, 0.717) is 25.7 Å². The fraction of sp³-hybridized carbons (Fsp3) is 0.529. The molecule has 0 amide bonds. The predicted molar refractivity (Wildman–Crippen MR) is 90.7 cm³/mol. The Balaban J connectivity index is 2.21. The minimum Gasteiger partial charge on any atom is -0.478 e. The Hall–Kier alpha value is -1.93. The molecule has 0 unspecified atom stereocenters. The highest BCUT2D eigenvalue weighted by atomic mass is 32.2. The summed E-state index contributed by atoms with van der Waals surface area (Å²) in [7, 11) is -2.44. The lowest BCUT2D eigenvalue weighted by molar-refractivity contribution is -0.146. The van der Waals surface area contributed by atoms with Gasteiger partial charge in [-0.2, -0.15) is 4.31 Å². The van der Waals surface area contributed by atoms with Gasteiger partial charge in [-0.25, -0.2) is 13.2 Å². The first-order chi connectivity index (χ1) is 11.8. The molecule has 0 spiro atoms. The Morgan fingerprint density at radius 2 is 1.88 bits per heavy atom. The summed E-state index contributed by atoms with van der Waals surface area (Å²) in [6, 6.07) is 5.17. The maximum Gasteiger partial charge on any atom is 0.335 e. The van der Waals surface area contributed by atoms with Gasteiger partial charge in [0.25, 0.3) is 0 Å². The van der Waals surface area contributed by atoms with Crippen molar-refractivity contribution in [1.29, 1.82) is 0 Å². The molecule has 0 bridgehead atoms. The van der Waals surface area contributed by atoms with Crippen LogP contribution in [-0.4, -0.2) is 49.5 Å². The van der Waals surface area contributed by atoms with Gasteiger partial charge in [0.1, 0.15) is 0 Å². The molecule has 7 nitrogen and oxygen atoms in total. The van der Waals surface area contributed by atoms with Gasteiger partial charge in [-0.1, -0.05) is 13.0 Å². The second-order valence-electron chi connectivity index (χ2n) is 6.07. The van der Waals surface area contributed by atoms with Gasteiger partial charge >= 0.3 is 11.9 Å². The van der Waals surface area contributed by atoms with E-state index >= 15 is 0 Å². The highest BCUT2D eigenvalue weighted by Gasteiger charge is 2.35. The first-order valence-electron chi connectivity index (χ1n) is 8.24. The van der Waals surface area contributed by atoms with Crippen LogP contribution in [0.15, 0.2) is 29.2 Å². The Kier molecular flexibility index (Phi) is 6.18. The molecule has 25 heavy (non-hydrogen) atoms. The minimum atomic E-state index is -3.80. The fourth-order valence-corrected chi connectivity index (χ4v) is 5.06. The summed E-state index contributed by atoms with van der Waals surface area (Å²) >= 11 is 0. The Labute approximate surface area is 147 Å². The van der Waals surface area contributed by atoms with Crippen LogP contribution in [0, 0.1) is 5.92 Å². The number of carbonyl (C=O) groups excluding carboxylic acids is 1. The van der Waals surface area contributed by atoms with Gasteiger partial charge in [0.15, 0.2) is 0 Å². The van der Waals surface area contributed by atoms with E-state index in [1.807, 2.05) is 0 Å². The molecule has 1 aliphatic rings. The average Bonchev–Trinajstić information content (AvgIpc) is 2.62. The number of ether oxygens (including phenoxy) is 1. The smallest absolute Gasteiger partial charge is 0.335 e. The number of methoxy groups -OCH3 is 1. The van der Waals surface area contributed by atoms with Gasteiger partial charge in [0.05, 0.1) is 23.5 Å². The molecule has 8 heteroatoms. The van der Waals surface area contributed by atoms with Crippen LogP contribution in [-0.2, 0) is 19.6 Å². The number of aromatic carboxylic acids is 1. The lowest BCUT2D eigenvalue weighted by atomic mass is 9.86. The van der Waals surface area contributed by atoms with Crippen LogP contribution in [0.25, 0.3) is 0 Å². The highest BCUT2D eigenvalue weighted by molar-refractivity contribution is 7.89. The lowest BCUT2D eigenvalue weighted by Crippen LogP contribution is -2.43. The summed E-state index contributed by atoms with van der Waals surface area (Å²) in [6.07, 6.45) is 2.31. The van der Waals surface area contributed by atoms with Gasteiger partial charge in [0, 0.05) is 12.6 Å². The highest BCUT2D eigenvalue weighted by Crippen LogP contribution is 2.31. The first kappa shape index (κ1) is 19.4. The lowest BCUT2D eigenvalue weighted by Gasteiger charge is -2.34. The molecule has 1 saturated carbocycles. The number of hydrogen-bond donors (Lipinski definition) is 1. The Morgan fingerprint density at radius 3 is 2.40 bits per heavy atom. The molecule has 0 aliphatic heterocycles. The largest absolute Gasteiger partial charge is 0.478 e. The fourth-order valence-electron chi connectivity index (χ4n) is 3.32. The van der Waals surface area contributed by atoms with Gasteiger partial charge in [-0.15, -0.1) is 0 Å². The van der Waals surface area contributed by atoms with Crippen molar-refractivity contribution in [2.45, 2.75) is 43.5 Å². The summed E-state index contributed by atoms with van der Waals surface area (Å²) < 4.78 is 32.1. The standard InChI is InChI=1S/C17H23NO6S/c1-3-18(14-9-7-12(8-10-14)17(21)24-2)25(22,23)15-6-4-5-13(11-15)16(19)20/h4-6,11-12,14H,3,7-10H2,1-2H3,(H,19,20). The number of nitrogens with zero attached hydrogens (tertiary/aromatic N) is 1. The van der Waals surface area contributed by atoms with E-state index in [1.54, 1.807) is 6.92 Å². The van der Waals surface area contributed by atoms with Crippen LogP contribution in [0.3, 0.4) is 0 Å². The van der Waals surface area contributed by atoms with E-state index in [4.69, 9.17) is 9.84 Å². The first-order valence-corrected chi connectivity index (χ1v) is 9.68. The molecule has 2 rings (SSSR count). The summed E-state index contributed by atoms with van der Waals surface area (Å²) in [5.74, 6) is -1.60. The second-order valence-corrected chi connectivity index (χ2v) is 7.96. The van der Waals surface area contributed by atoms with Crippen LogP contribution in [0.2, 0.25) is 0 Å². The molecule has 0 radical (unpaired) electrons. The second kappa shape index (κ2) is 7.97. The van der Waals surface area contributed by atoms with Gasteiger partial charge in [-0.05, 0) is 43.9 Å². The van der Waals surface area contributed by atoms with E-state index in [0.717, 1.165) is 0 Å². The molecule has 138 valence electrons. The summed E-state index contributed by atoms with van der Waals surface area (Å²) in [5, 5.41) is 9.07. The van der Waals surface area contributed by atoms with E-state index in [9.17, 15) is 18.0 Å². The monoisotopic (exact) mass is 369 g/mol. The van der Waals surface area contributed by atoms with Crippen molar-refractivity contribution in [2.75, 3.05) is 13.7 Å². The molecule has 1 aliphatic carbocycles. The Bertz CT molecular complexity index is 737. The number of sulfonamides is 1. The predicted octanol–water partition coefficient (Wildman–Crippen LogP) is 2.13. The maximum atomic E-state index is 13.0. The number of carboxylic acid groups (broad SMARTS) is 1. The summed E-state index contributed by atoms with van der Waals surface area (Å²) in [5.41, 5.74) is -0.0634. The van der Waals surface area contributed by atoms with E-state index in [2.05, 4.69) is 0 Å². The summed E-state index contributed by atoms with van der Waals surface area (Å²) in [4.78, 5) is 22.7. The van der Waals surface area contributed by atoms with Crippen LogP contribution in [0.1, 0.15) is 43.0 Å². The molecule has 1 N–H and O–H groups in total. The molecular weight excluding hydrogens is 346 g/mol. The molecule has 1 aromatic rings. The molecule has 1 aromatic carbocycles. The average molecular weight is 369 g/mol. The van der Waals surface area contributed by atoms with Crippen LogP contribution >= 0.6 is 0 Å². The number of hydrogen-bond acceptors (Lipinski definition) is 5. The van der Waals surface area contributed by atoms with E-state index < -0.39 is 16.0 Å². The molecule has 0 atom stereocenters. The van der Waals surface area contributed by atoms with Crippen LogP contribution in [0.4, 0.5) is 0 Å². The third-order valence-electron chi connectivity index (χ3n) is 4.64. The van der Waals surface area contributed by atoms with Crippen molar-refractivity contribution in [2.24, 2.45) is 5.92 Å². The van der Waals surface area contributed by atoms with Crippen molar-refractivity contribution < 1.29 is 27.9 Å². The number of rotatable bonds is 6. The van der Waals surface area contributed by atoms with Gasteiger partial charge in [-0.3, -0.25) is 4.79 Å². The quantitative estimate of drug-likeness (QED) is 0.771. The van der Waals surface area contributed by atoms with E-state index in [-0.39, 0.29) is 34.9 Å². The van der Waals surface area contributed by atoms with Gasteiger partial charge in [0.2, 0.25) is 10.0 Å². The molecule has 0 heterocycles. The SMILES string of the molecule is CCN(C1CCC(C(=O)OC)CC1)S(=O)(=O)c1cccc(C(=O)O)c1. The number of benzene rings is 1. The summed E-state index contributed by atoms with van der Waals surface area (Å²) in [6.45, 7) is 2.04. The minimum absolute atomic E-state index is 0.0238. The van der Waals surface area contributed by atoms with Crippen LogP contribution < -0.4 is 0 Å². The zero-order valence-electron chi connectivity index (χ0n) is 14.3. The topological polar surface area (TPSA) is 101 Å². The third-order valence-corrected chi connectivity index (χ3v) is 6.66. The Morgan fingerprint density at radius 1 is 1.24 bits per heavy atom. The van der Waals surface area contributed by atoms with Crippen molar-refractivity contribution in [1.82, 2.24) is 4.31 Å². The van der Waals surface area contributed by atoms with Gasteiger partial charge < -0.3 is 9.84 Å². The number of esters is 1. The number of carboxylic acids is 1. The molecular formula is C17H23NO6S. The zero-order valence-corrected chi connectivity index (χ0v) is 15.2. The van der Waals surface area contributed by atoms with Crippen molar-refractivity contribution >= 4 is 22.0 Å². The van der Waals surface area contributed by atoms with Crippen molar-refractivity contribution in [3.8, 4) is 0 Å². The van der Waals surface area contributed by atoms with Crippen molar-refractivity contribution in [3.05, 3.63) is 29.8 Å². The molecule has 1 fully saturated rings. The number of carbonyl (C=O) groups is 2. The maximum absolute atomic E-state index is 13.0. The van der Waals surface area contributed by atoms with Crippen LogP contribution in [0.5, 0.6) is 0 Å². The zero-order chi connectivity index (χ0) is 18.6. The van der Waals surface area contributed by atoms with Crippen molar-refractivity contribution in [3.63, 3.8) is 0 Å². The third kappa shape index (κ3) is 4.19.